The molecule has 0 spiro atoms. The molecule has 0 aromatic heterocycles. The van der Waals surface area contributed by atoms with Gasteiger partial charge in [-0.05, 0) is 31.6 Å². The van der Waals surface area contributed by atoms with Gasteiger partial charge in [0, 0.05) is 12.1 Å². The molecule has 0 bridgehead atoms. The van der Waals surface area contributed by atoms with Crippen molar-refractivity contribution in [3.8, 4) is 0 Å². The van der Waals surface area contributed by atoms with Crippen molar-refractivity contribution in [3.05, 3.63) is 12.2 Å². The minimum atomic E-state index is -0.857. The molecule has 1 atom stereocenters. The fraction of sp³-hybridized carbons (Fsp3) is 0.667. The molecule has 0 aromatic rings. The van der Waals surface area contributed by atoms with E-state index in [1.165, 1.54) is 0 Å². The molecule has 2 aliphatic rings. The lowest BCUT2D eigenvalue weighted by molar-refractivity contribution is -0.137. The first-order chi connectivity index (χ1) is 8.15. The molecule has 17 heavy (non-hydrogen) atoms. The van der Waals surface area contributed by atoms with Crippen LogP contribution in [0.5, 0.6) is 0 Å². The fourth-order valence-electron chi connectivity index (χ4n) is 2.15. The molecule has 94 valence electrons. The summed E-state index contributed by atoms with van der Waals surface area (Å²) in [4.78, 5) is 22.4. The second-order valence-electron chi connectivity index (χ2n) is 4.80. The minimum Gasteiger partial charge on any atom is -0.481 e. The maximum Gasteiger partial charge on any atom is 0.315 e. The van der Waals surface area contributed by atoms with Crippen molar-refractivity contribution >= 4 is 12.0 Å². The van der Waals surface area contributed by atoms with Gasteiger partial charge >= 0.3 is 12.0 Å². The van der Waals surface area contributed by atoms with Crippen LogP contribution in [0.3, 0.4) is 0 Å². The highest BCUT2D eigenvalue weighted by molar-refractivity contribution is 5.76. The smallest absolute Gasteiger partial charge is 0.315 e. The van der Waals surface area contributed by atoms with Crippen LogP contribution in [0.25, 0.3) is 0 Å². The Morgan fingerprint density at radius 1 is 1.29 bits per heavy atom. The number of carboxylic acid groups (broad SMARTS) is 1. The highest BCUT2D eigenvalue weighted by Gasteiger charge is 2.33. The normalized spacial score (nSPS) is 21.2. The van der Waals surface area contributed by atoms with Gasteiger partial charge < -0.3 is 15.7 Å². The predicted octanol–water partition coefficient (Wildman–Crippen LogP) is 1.26. The van der Waals surface area contributed by atoms with Gasteiger partial charge in [-0.1, -0.05) is 12.2 Å². The van der Waals surface area contributed by atoms with Gasteiger partial charge in [0.2, 0.25) is 0 Å². The third-order valence-electron chi connectivity index (χ3n) is 3.25. The highest BCUT2D eigenvalue weighted by Crippen LogP contribution is 2.34. The van der Waals surface area contributed by atoms with Crippen molar-refractivity contribution in [1.82, 2.24) is 10.6 Å². The van der Waals surface area contributed by atoms with E-state index in [0.29, 0.717) is 5.92 Å². The van der Waals surface area contributed by atoms with Crippen LogP contribution in [0, 0.1) is 5.92 Å². The number of nitrogens with one attached hydrogen (secondary N) is 2. The van der Waals surface area contributed by atoms with Gasteiger partial charge in [0.15, 0.2) is 0 Å². The summed E-state index contributed by atoms with van der Waals surface area (Å²) in [6.07, 6.45) is 7.86. The Hall–Kier alpha value is -1.52. The molecule has 5 nitrogen and oxygen atoms in total. The number of rotatable bonds is 5. The molecule has 0 heterocycles. The monoisotopic (exact) mass is 238 g/mol. The average molecular weight is 238 g/mol. The molecular weight excluding hydrogens is 220 g/mol. The van der Waals surface area contributed by atoms with Gasteiger partial charge in [-0.25, -0.2) is 4.79 Å². The summed E-state index contributed by atoms with van der Waals surface area (Å²) in [6, 6.07) is -0.293. The fourth-order valence-corrected chi connectivity index (χ4v) is 2.15. The summed E-state index contributed by atoms with van der Waals surface area (Å²) in [5, 5.41) is 14.4. The molecule has 1 saturated carbocycles. The first kappa shape index (κ1) is 12.0. The Balaban J connectivity index is 1.76. The number of hydrogen-bond donors (Lipinski definition) is 3. The van der Waals surface area contributed by atoms with E-state index in [2.05, 4.69) is 10.6 Å². The van der Waals surface area contributed by atoms with E-state index >= 15 is 0 Å². The topological polar surface area (TPSA) is 78.4 Å². The van der Waals surface area contributed by atoms with Crippen molar-refractivity contribution in [3.63, 3.8) is 0 Å². The largest absolute Gasteiger partial charge is 0.481 e. The Kier molecular flexibility index (Phi) is 3.66. The number of aliphatic carboxylic acids is 1. The maximum absolute atomic E-state index is 11.7. The van der Waals surface area contributed by atoms with Crippen LogP contribution in [0.1, 0.15) is 32.1 Å². The third kappa shape index (κ3) is 3.76. The van der Waals surface area contributed by atoms with Crippen molar-refractivity contribution in [2.24, 2.45) is 5.92 Å². The van der Waals surface area contributed by atoms with Crippen molar-refractivity contribution in [1.29, 1.82) is 0 Å². The Morgan fingerprint density at radius 3 is 2.47 bits per heavy atom. The van der Waals surface area contributed by atoms with Crippen LogP contribution < -0.4 is 10.6 Å². The molecule has 0 radical (unpaired) electrons. The summed E-state index contributed by atoms with van der Waals surface area (Å²) < 4.78 is 0. The molecule has 1 fully saturated rings. The molecule has 3 N–H and O–H groups in total. The van der Waals surface area contributed by atoms with Crippen LogP contribution in [-0.4, -0.2) is 29.2 Å². The molecule has 2 amide bonds. The summed E-state index contributed by atoms with van der Waals surface area (Å²) in [5.74, 6) is -0.511. The summed E-state index contributed by atoms with van der Waals surface area (Å²) >= 11 is 0. The lowest BCUT2D eigenvalue weighted by Gasteiger charge is -2.19. The molecule has 0 aromatic carbocycles. The summed E-state index contributed by atoms with van der Waals surface area (Å²) in [6.45, 7) is 0. The zero-order valence-electron chi connectivity index (χ0n) is 9.69. The van der Waals surface area contributed by atoms with E-state index in [0.717, 1.165) is 25.7 Å². The standard InChI is InChI=1S/C12H18N2O3/c15-11(16)7-10(8-5-6-8)14-12(17)13-9-3-1-2-4-9/h1-2,8-10H,3-7H2,(H,15,16)(H2,13,14,17). The molecule has 2 rings (SSSR count). The van der Waals surface area contributed by atoms with Gasteiger partial charge in [-0.2, -0.15) is 0 Å². The summed E-state index contributed by atoms with van der Waals surface area (Å²) in [5.41, 5.74) is 0. The van der Waals surface area contributed by atoms with E-state index in [-0.39, 0.29) is 24.5 Å². The van der Waals surface area contributed by atoms with E-state index < -0.39 is 5.97 Å². The van der Waals surface area contributed by atoms with E-state index in [1.807, 2.05) is 12.2 Å². The third-order valence-corrected chi connectivity index (χ3v) is 3.25. The Bertz CT molecular complexity index is 329. The molecule has 2 aliphatic carbocycles. The first-order valence-electron chi connectivity index (χ1n) is 6.09. The zero-order valence-corrected chi connectivity index (χ0v) is 9.69. The average Bonchev–Trinajstić information content (AvgIpc) is 2.97. The van der Waals surface area contributed by atoms with Gasteiger partial charge in [-0.3, -0.25) is 4.79 Å². The number of urea groups is 1. The van der Waals surface area contributed by atoms with Gasteiger partial charge in [0.25, 0.3) is 0 Å². The predicted molar refractivity (Wildman–Crippen MR) is 62.6 cm³/mol. The van der Waals surface area contributed by atoms with Crippen LogP contribution in [-0.2, 0) is 4.79 Å². The first-order valence-corrected chi connectivity index (χ1v) is 6.09. The van der Waals surface area contributed by atoms with Crippen molar-refractivity contribution in [2.75, 3.05) is 0 Å². The highest BCUT2D eigenvalue weighted by atomic mass is 16.4. The van der Waals surface area contributed by atoms with Gasteiger partial charge in [-0.15, -0.1) is 0 Å². The van der Waals surface area contributed by atoms with Crippen molar-refractivity contribution in [2.45, 2.75) is 44.2 Å². The molecular formula is C12H18N2O3. The number of carbonyl (C=O) groups excluding carboxylic acids is 1. The Morgan fingerprint density at radius 2 is 1.94 bits per heavy atom. The van der Waals surface area contributed by atoms with Crippen molar-refractivity contribution < 1.29 is 14.7 Å². The number of amides is 2. The number of carbonyl (C=O) groups is 2. The number of carboxylic acids is 1. The molecule has 0 saturated heterocycles. The van der Waals surface area contributed by atoms with E-state index in [9.17, 15) is 9.59 Å². The van der Waals surface area contributed by atoms with E-state index in [4.69, 9.17) is 5.11 Å². The Labute approximate surface area is 100 Å². The molecule has 1 unspecified atom stereocenters. The molecule has 0 aliphatic heterocycles. The maximum atomic E-state index is 11.7. The number of hydrogen-bond acceptors (Lipinski definition) is 2. The summed E-state index contributed by atoms with van der Waals surface area (Å²) in [7, 11) is 0. The van der Waals surface area contributed by atoms with Crippen LogP contribution >= 0.6 is 0 Å². The van der Waals surface area contributed by atoms with E-state index in [1.54, 1.807) is 0 Å². The quantitative estimate of drug-likeness (QED) is 0.631. The second-order valence-corrected chi connectivity index (χ2v) is 4.80. The minimum absolute atomic E-state index is 0.0149. The van der Waals surface area contributed by atoms with Gasteiger partial charge in [0.05, 0.1) is 6.42 Å². The molecule has 5 heteroatoms. The zero-order chi connectivity index (χ0) is 12.3. The SMILES string of the molecule is O=C(O)CC(NC(=O)NC1CC=CC1)C1CC1. The van der Waals surface area contributed by atoms with Gasteiger partial charge in [0.1, 0.15) is 0 Å². The lowest BCUT2D eigenvalue weighted by Crippen LogP contribution is -2.47. The lowest BCUT2D eigenvalue weighted by atomic mass is 10.1. The second kappa shape index (κ2) is 5.21. The van der Waals surface area contributed by atoms with Crippen LogP contribution in [0.4, 0.5) is 4.79 Å². The van der Waals surface area contributed by atoms with Crippen LogP contribution in [0.2, 0.25) is 0 Å². The van der Waals surface area contributed by atoms with Crippen LogP contribution in [0.15, 0.2) is 12.2 Å².